The van der Waals surface area contributed by atoms with Crippen molar-refractivity contribution in [2.45, 2.75) is 0 Å². The van der Waals surface area contributed by atoms with Gasteiger partial charge in [0.1, 0.15) is 11.5 Å². The number of hydrogen-bond acceptors (Lipinski definition) is 8. The predicted molar refractivity (Wildman–Crippen MR) is 193 cm³/mol. The monoisotopic (exact) mass is 712 g/mol. The molecule has 0 aliphatic heterocycles. The highest BCUT2D eigenvalue weighted by Gasteiger charge is 2.36. The molecule has 0 unspecified atom stereocenters. The number of carboxylic acid groups (broad SMARTS) is 4. The maximum Gasteiger partial charge on any atom is 0.417 e. The van der Waals surface area contributed by atoms with Crippen LogP contribution in [0.15, 0.2) is 91.0 Å². The SMILES string of the molecule is COc1ccc(NC(=O)Oc2ccc(NC(=O)c3c(C(=O)O)c(C(=O)O)c4c(C(=O)O)c(C(=O)O)cc5c6cccc7cccc(c3c45)c76)cc2)cc1. The average Bonchev–Trinajstić information content (AvgIpc) is 3.13. The van der Waals surface area contributed by atoms with Crippen LogP contribution in [0.1, 0.15) is 51.8 Å². The van der Waals surface area contributed by atoms with Crippen molar-refractivity contribution in [2.24, 2.45) is 0 Å². The van der Waals surface area contributed by atoms with Crippen molar-refractivity contribution in [3.8, 4) is 11.5 Å². The summed E-state index contributed by atoms with van der Waals surface area (Å²) in [5, 5.41) is 47.7. The van der Waals surface area contributed by atoms with Crippen molar-refractivity contribution in [3.05, 3.63) is 119 Å². The van der Waals surface area contributed by atoms with E-state index in [1.165, 1.54) is 31.4 Å². The lowest BCUT2D eigenvalue weighted by atomic mass is 9.80. The molecule has 0 aliphatic rings. The largest absolute Gasteiger partial charge is 0.497 e. The number of amides is 2. The normalized spacial score (nSPS) is 11.1. The van der Waals surface area contributed by atoms with Crippen LogP contribution in [0.5, 0.6) is 11.5 Å². The van der Waals surface area contributed by atoms with Crippen molar-refractivity contribution in [1.82, 2.24) is 0 Å². The predicted octanol–water partition coefficient (Wildman–Crippen LogP) is 7.40. The van der Waals surface area contributed by atoms with E-state index in [-0.39, 0.29) is 27.6 Å². The topological polar surface area (TPSA) is 226 Å². The van der Waals surface area contributed by atoms with Crippen LogP contribution in [-0.2, 0) is 0 Å². The van der Waals surface area contributed by atoms with Crippen molar-refractivity contribution >= 4 is 90.3 Å². The molecule has 7 aromatic carbocycles. The molecular formula is C39H24N2O12. The molecule has 0 saturated heterocycles. The van der Waals surface area contributed by atoms with Crippen LogP contribution in [0.3, 0.4) is 0 Å². The van der Waals surface area contributed by atoms with Gasteiger partial charge in [0.2, 0.25) is 0 Å². The van der Waals surface area contributed by atoms with Gasteiger partial charge >= 0.3 is 30.0 Å². The Labute approximate surface area is 296 Å². The molecule has 14 heteroatoms. The van der Waals surface area contributed by atoms with Crippen LogP contribution in [0.25, 0.3) is 43.1 Å². The van der Waals surface area contributed by atoms with E-state index >= 15 is 0 Å². The molecule has 0 fully saturated rings. The number of anilines is 2. The smallest absolute Gasteiger partial charge is 0.417 e. The molecular weight excluding hydrogens is 688 g/mol. The number of nitrogens with one attached hydrogen (secondary N) is 2. The second kappa shape index (κ2) is 12.9. The molecule has 53 heavy (non-hydrogen) atoms. The maximum atomic E-state index is 14.3. The van der Waals surface area contributed by atoms with E-state index in [2.05, 4.69) is 10.6 Å². The van der Waals surface area contributed by atoms with Gasteiger partial charge < -0.3 is 35.2 Å². The van der Waals surface area contributed by atoms with Crippen molar-refractivity contribution < 1.29 is 58.7 Å². The molecule has 262 valence electrons. The number of carbonyl (C=O) groups is 6. The van der Waals surface area contributed by atoms with Gasteiger partial charge in [0, 0.05) is 27.5 Å². The molecule has 0 saturated carbocycles. The average molecular weight is 713 g/mol. The Morgan fingerprint density at radius 2 is 1.08 bits per heavy atom. The third kappa shape index (κ3) is 5.65. The van der Waals surface area contributed by atoms with Crippen LogP contribution in [-0.4, -0.2) is 63.4 Å². The highest BCUT2D eigenvalue weighted by molar-refractivity contribution is 6.42. The summed E-state index contributed by atoms with van der Waals surface area (Å²) in [7, 11) is 1.50. The van der Waals surface area contributed by atoms with Gasteiger partial charge in [0.25, 0.3) is 5.91 Å². The van der Waals surface area contributed by atoms with Gasteiger partial charge in [-0.1, -0.05) is 36.4 Å². The van der Waals surface area contributed by atoms with E-state index in [0.29, 0.717) is 33.0 Å². The Hall–Kier alpha value is -7.74. The molecule has 14 nitrogen and oxygen atoms in total. The molecule has 6 N–H and O–H groups in total. The highest BCUT2D eigenvalue weighted by Crippen LogP contribution is 2.46. The van der Waals surface area contributed by atoms with Gasteiger partial charge in [-0.3, -0.25) is 10.1 Å². The lowest BCUT2D eigenvalue weighted by molar-refractivity contribution is 0.0646. The minimum Gasteiger partial charge on any atom is -0.497 e. The Bertz CT molecular complexity index is 2720. The molecule has 0 bridgehead atoms. The van der Waals surface area contributed by atoms with Gasteiger partial charge in [-0.25, -0.2) is 24.0 Å². The quantitative estimate of drug-likeness (QED) is 0.0636. The van der Waals surface area contributed by atoms with Crippen LogP contribution in [0.4, 0.5) is 16.2 Å². The number of rotatable bonds is 9. The minimum atomic E-state index is -1.90. The molecule has 0 heterocycles. The van der Waals surface area contributed by atoms with Gasteiger partial charge in [-0.15, -0.1) is 0 Å². The fourth-order valence-corrected chi connectivity index (χ4v) is 6.72. The number of methoxy groups -OCH3 is 1. The van der Waals surface area contributed by atoms with E-state index in [1.54, 1.807) is 60.7 Å². The number of ether oxygens (including phenoxy) is 2. The molecule has 2 amide bonds. The molecule has 0 aromatic heterocycles. The lowest BCUT2D eigenvalue weighted by Gasteiger charge is -2.22. The number of fused-ring (bicyclic) bond motifs is 2. The van der Waals surface area contributed by atoms with Crippen molar-refractivity contribution in [1.29, 1.82) is 0 Å². The Morgan fingerprint density at radius 3 is 1.64 bits per heavy atom. The maximum absolute atomic E-state index is 14.3. The fraction of sp³-hybridized carbons (Fsp3) is 0.0256. The van der Waals surface area contributed by atoms with E-state index in [4.69, 9.17) is 9.47 Å². The van der Waals surface area contributed by atoms with E-state index in [9.17, 15) is 49.2 Å². The summed E-state index contributed by atoms with van der Waals surface area (Å²) >= 11 is 0. The summed E-state index contributed by atoms with van der Waals surface area (Å²) in [5.74, 6) is -7.66. The standard InChI is InChI=1S/C39H24N2O12/c1-52-20-12-8-19(9-13-20)41-39(51)53-21-14-10-18(11-15-21)40-34(42)31-27-23-7-3-5-17-4-2-6-22(26(17)23)24-16-25(35(43)44)29(36(45)46)30(28(24)27)32(37(47)48)33(31)38(49)50/h2-16H,1H3,(H,40,42)(H,41,51)(H,43,44)(H,45,46)(H,47,48)(H,49,50). The third-order valence-corrected chi connectivity index (χ3v) is 8.80. The zero-order valence-electron chi connectivity index (χ0n) is 27.2. The fourth-order valence-electron chi connectivity index (χ4n) is 6.72. The number of carbonyl (C=O) groups excluding carboxylic acids is 2. The van der Waals surface area contributed by atoms with Gasteiger partial charge in [0.15, 0.2) is 0 Å². The second-order valence-corrected chi connectivity index (χ2v) is 11.7. The van der Waals surface area contributed by atoms with E-state index in [1.807, 2.05) is 0 Å². The van der Waals surface area contributed by atoms with Crippen molar-refractivity contribution in [3.63, 3.8) is 0 Å². The van der Waals surface area contributed by atoms with Crippen molar-refractivity contribution in [2.75, 3.05) is 17.7 Å². The van der Waals surface area contributed by atoms with E-state index < -0.39 is 69.1 Å². The minimum absolute atomic E-state index is 0.0811. The molecule has 0 radical (unpaired) electrons. The first-order valence-electron chi connectivity index (χ1n) is 15.6. The molecule has 0 spiro atoms. The van der Waals surface area contributed by atoms with Crippen LogP contribution in [0, 0.1) is 0 Å². The molecule has 7 aromatic rings. The summed E-state index contributed by atoms with van der Waals surface area (Å²) in [6.07, 6.45) is -0.813. The van der Waals surface area contributed by atoms with Gasteiger partial charge in [-0.2, -0.15) is 0 Å². The van der Waals surface area contributed by atoms with E-state index in [0.717, 1.165) is 6.07 Å². The first-order chi connectivity index (χ1) is 25.4. The second-order valence-electron chi connectivity index (χ2n) is 11.7. The summed E-state index contributed by atoms with van der Waals surface area (Å²) in [5.41, 5.74) is -3.88. The number of aromatic carboxylic acids is 4. The molecule has 0 aliphatic carbocycles. The Kier molecular flexibility index (Phi) is 8.19. The van der Waals surface area contributed by atoms with Gasteiger partial charge in [-0.05, 0) is 81.5 Å². The molecule has 0 atom stereocenters. The van der Waals surface area contributed by atoms with Gasteiger partial charge in [0.05, 0.1) is 34.9 Å². The number of hydrogen-bond donors (Lipinski definition) is 6. The van der Waals surface area contributed by atoms with Crippen LogP contribution < -0.4 is 20.1 Å². The summed E-state index contributed by atoms with van der Waals surface area (Å²) in [6.45, 7) is 0. The summed E-state index contributed by atoms with van der Waals surface area (Å²) < 4.78 is 10.4. The first kappa shape index (κ1) is 33.7. The Morgan fingerprint density at radius 1 is 0.509 bits per heavy atom. The lowest BCUT2D eigenvalue weighted by Crippen LogP contribution is -2.22. The number of benzene rings is 7. The van der Waals surface area contributed by atoms with Crippen LogP contribution in [0.2, 0.25) is 0 Å². The molecule has 7 rings (SSSR count). The zero-order valence-corrected chi connectivity index (χ0v) is 27.2. The van der Waals surface area contributed by atoms with Crippen LogP contribution >= 0.6 is 0 Å². The first-order valence-corrected chi connectivity index (χ1v) is 15.6. The Balaban J connectivity index is 1.41. The summed E-state index contributed by atoms with van der Waals surface area (Å²) in [6, 6.07) is 23.1. The summed E-state index contributed by atoms with van der Waals surface area (Å²) in [4.78, 5) is 78.0. The highest BCUT2D eigenvalue weighted by atomic mass is 16.6. The zero-order chi connectivity index (χ0) is 37.7. The third-order valence-electron chi connectivity index (χ3n) is 8.80. The number of carboxylic acids is 4.